The van der Waals surface area contributed by atoms with Crippen molar-refractivity contribution in [1.29, 1.82) is 0 Å². The molecule has 1 aromatic heterocycles. The highest BCUT2D eigenvalue weighted by atomic mass is 16.5. The van der Waals surface area contributed by atoms with Crippen LogP contribution in [0.15, 0.2) is 6.20 Å². The van der Waals surface area contributed by atoms with Crippen molar-refractivity contribution in [3.05, 3.63) is 17.5 Å². The van der Waals surface area contributed by atoms with Gasteiger partial charge in [-0.1, -0.05) is 0 Å². The van der Waals surface area contributed by atoms with E-state index >= 15 is 0 Å². The van der Waals surface area contributed by atoms with Gasteiger partial charge in [0.05, 0.1) is 24.6 Å². The van der Waals surface area contributed by atoms with Gasteiger partial charge in [0.25, 0.3) is 0 Å². The summed E-state index contributed by atoms with van der Waals surface area (Å²) in [6.07, 6.45) is 1.92. The fourth-order valence-corrected chi connectivity index (χ4v) is 2.45. The van der Waals surface area contributed by atoms with Crippen LogP contribution < -0.4 is 5.32 Å². The maximum atomic E-state index is 11.8. The molecule has 0 aromatic carbocycles. The molecule has 2 heterocycles. The predicted octanol–water partition coefficient (Wildman–Crippen LogP) is 0.226. The quantitative estimate of drug-likeness (QED) is 0.731. The minimum atomic E-state index is -0.858. The fraction of sp³-hybridized carbons (Fsp3) is 0.714. The Balaban J connectivity index is 1.97. The van der Waals surface area contributed by atoms with E-state index in [1.165, 1.54) is 6.20 Å². The number of ether oxygens (including phenoxy) is 2. The summed E-state index contributed by atoms with van der Waals surface area (Å²) in [5, 5.41) is 17.7. The molecule has 1 aliphatic rings. The predicted molar refractivity (Wildman–Crippen MR) is 75.9 cm³/mol. The Labute approximate surface area is 124 Å². The van der Waals surface area contributed by atoms with E-state index < -0.39 is 5.60 Å². The van der Waals surface area contributed by atoms with Gasteiger partial charge in [0.15, 0.2) is 0 Å². The van der Waals surface area contributed by atoms with Crippen LogP contribution in [-0.2, 0) is 23.1 Å². The summed E-state index contributed by atoms with van der Waals surface area (Å²) >= 11 is 0. The first-order chi connectivity index (χ1) is 9.98. The Morgan fingerprint density at radius 3 is 3.10 bits per heavy atom. The topological polar surface area (TPSA) is 85.6 Å². The van der Waals surface area contributed by atoms with Crippen molar-refractivity contribution < 1.29 is 19.4 Å². The number of hydrogen-bond acceptors (Lipinski definition) is 6. The molecule has 1 saturated heterocycles. The zero-order valence-corrected chi connectivity index (χ0v) is 12.8. The fourth-order valence-electron chi connectivity index (χ4n) is 2.45. The zero-order chi connectivity index (χ0) is 15.5. The SMILES string of the molecule is CCOC(=O)c1cnn(C)c1CNCC1(O)CCOC1C. The molecule has 2 atom stereocenters. The average Bonchev–Trinajstić information content (AvgIpc) is 2.95. The molecule has 1 aromatic rings. The van der Waals surface area contributed by atoms with E-state index in [0.29, 0.717) is 38.3 Å². The molecule has 0 bridgehead atoms. The van der Waals surface area contributed by atoms with Crippen LogP contribution in [0.5, 0.6) is 0 Å². The van der Waals surface area contributed by atoms with Gasteiger partial charge in [-0.25, -0.2) is 4.79 Å². The lowest BCUT2D eigenvalue weighted by Gasteiger charge is -2.26. The van der Waals surface area contributed by atoms with Crippen LogP contribution in [0.1, 0.15) is 36.3 Å². The molecule has 2 unspecified atom stereocenters. The second-order valence-electron chi connectivity index (χ2n) is 5.32. The summed E-state index contributed by atoms with van der Waals surface area (Å²) in [6, 6.07) is 0. The number of rotatable bonds is 6. The summed E-state index contributed by atoms with van der Waals surface area (Å²) in [5.74, 6) is -0.376. The first-order valence-corrected chi connectivity index (χ1v) is 7.20. The van der Waals surface area contributed by atoms with Crippen LogP contribution in [0.4, 0.5) is 0 Å². The highest BCUT2D eigenvalue weighted by molar-refractivity contribution is 5.90. The maximum Gasteiger partial charge on any atom is 0.341 e. The van der Waals surface area contributed by atoms with Crippen molar-refractivity contribution >= 4 is 5.97 Å². The minimum absolute atomic E-state index is 0.193. The molecule has 118 valence electrons. The number of aromatic nitrogens is 2. The lowest BCUT2D eigenvalue weighted by Crippen LogP contribution is -2.45. The number of carbonyl (C=O) groups excluding carboxylic acids is 1. The molecule has 0 amide bonds. The maximum absolute atomic E-state index is 11.8. The average molecular weight is 297 g/mol. The van der Waals surface area contributed by atoms with E-state index in [1.807, 2.05) is 6.92 Å². The lowest BCUT2D eigenvalue weighted by molar-refractivity contribution is -0.0263. The van der Waals surface area contributed by atoms with E-state index in [2.05, 4.69) is 10.4 Å². The van der Waals surface area contributed by atoms with E-state index in [-0.39, 0.29) is 12.1 Å². The third kappa shape index (κ3) is 3.42. The van der Waals surface area contributed by atoms with Crippen molar-refractivity contribution in [2.45, 2.75) is 38.5 Å². The molecular formula is C14H23N3O4. The van der Waals surface area contributed by atoms with Gasteiger partial charge in [-0.2, -0.15) is 5.10 Å². The van der Waals surface area contributed by atoms with Crippen molar-refractivity contribution in [1.82, 2.24) is 15.1 Å². The van der Waals surface area contributed by atoms with Crippen LogP contribution in [0.3, 0.4) is 0 Å². The molecule has 7 nitrogen and oxygen atoms in total. The Morgan fingerprint density at radius 2 is 2.48 bits per heavy atom. The summed E-state index contributed by atoms with van der Waals surface area (Å²) in [6.45, 7) is 5.36. The monoisotopic (exact) mass is 297 g/mol. The molecule has 1 fully saturated rings. The van der Waals surface area contributed by atoms with Gasteiger partial charge in [-0.05, 0) is 13.8 Å². The minimum Gasteiger partial charge on any atom is -0.462 e. The number of nitrogens with one attached hydrogen (secondary N) is 1. The Morgan fingerprint density at radius 1 is 1.71 bits per heavy atom. The van der Waals surface area contributed by atoms with Crippen molar-refractivity contribution in [3.63, 3.8) is 0 Å². The number of esters is 1. The van der Waals surface area contributed by atoms with E-state index in [1.54, 1.807) is 18.7 Å². The highest BCUT2D eigenvalue weighted by Crippen LogP contribution is 2.24. The van der Waals surface area contributed by atoms with Crippen LogP contribution in [0.2, 0.25) is 0 Å². The molecule has 2 N–H and O–H groups in total. The standard InChI is InChI=1S/C14H23N3O4/c1-4-20-13(18)11-7-16-17(3)12(11)8-15-9-14(19)5-6-21-10(14)2/h7,10,15,19H,4-6,8-9H2,1-3H3. The van der Waals surface area contributed by atoms with Gasteiger partial charge >= 0.3 is 5.97 Å². The van der Waals surface area contributed by atoms with Crippen molar-refractivity contribution in [3.8, 4) is 0 Å². The first-order valence-electron chi connectivity index (χ1n) is 7.20. The summed E-state index contributed by atoms with van der Waals surface area (Å²) in [5.41, 5.74) is 0.334. The summed E-state index contributed by atoms with van der Waals surface area (Å²) < 4.78 is 12.0. The second-order valence-corrected chi connectivity index (χ2v) is 5.32. The molecule has 21 heavy (non-hydrogen) atoms. The Kier molecular flexibility index (Phi) is 4.97. The van der Waals surface area contributed by atoms with Gasteiger partial charge < -0.3 is 19.9 Å². The number of aryl methyl sites for hydroxylation is 1. The molecule has 0 saturated carbocycles. The van der Waals surface area contributed by atoms with Gasteiger partial charge in [-0.3, -0.25) is 4.68 Å². The second kappa shape index (κ2) is 6.55. The normalized spacial score (nSPS) is 25.2. The van der Waals surface area contributed by atoms with Crippen LogP contribution in [0, 0.1) is 0 Å². The Bertz CT molecular complexity index is 502. The molecule has 0 radical (unpaired) electrons. The van der Waals surface area contributed by atoms with E-state index in [9.17, 15) is 9.90 Å². The molecule has 0 aliphatic carbocycles. The lowest BCUT2D eigenvalue weighted by atomic mass is 9.97. The van der Waals surface area contributed by atoms with Gasteiger partial charge in [0.1, 0.15) is 11.2 Å². The summed E-state index contributed by atoms with van der Waals surface area (Å²) in [4.78, 5) is 11.8. The Hall–Kier alpha value is -1.44. The molecule has 7 heteroatoms. The van der Waals surface area contributed by atoms with Crippen LogP contribution in [-0.4, -0.2) is 52.3 Å². The van der Waals surface area contributed by atoms with E-state index in [0.717, 1.165) is 5.69 Å². The molecule has 0 spiro atoms. The number of carbonyl (C=O) groups is 1. The van der Waals surface area contributed by atoms with Gasteiger partial charge in [0.2, 0.25) is 0 Å². The van der Waals surface area contributed by atoms with Crippen molar-refractivity contribution in [2.75, 3.05) is 19.8 Å². The number of hydrogen-bond donors (Lipinski definition) is 2. The third-order valence-corrected chi connectivity index (χ3v) is 3.94. The van der Waals surface area contributed by atoms with Gasteiger partial charge in [-0.15, -0.1) is 0 Å². The van der Waals surface area contributed by atoms with Crippen molar-refractivity contribution in [2.24, 2.45) is 7.05 Å². The molecule has 2 rings (SSSR count). The third-order valence-electron chi connectivity index (χ3n) is 3.94. The number of aliphatic hydroxyl groups is 1. The number of nitrogens with zero attached hydrogens (tertiary/aromatic N) is 2. The first kappa shape index (κ1) is 15.9. The smallest absolute Gasteiger partial charge is 0.341 e. The highest BCUT2D eigenvalue weighted by Gasteiger charge is 2.39. The van der Waals surface area contributed by atoms with Crippen LogP contribution >= 0.6 is 0 Å². The van der Waals surface area contributed by atoms with E-state index in [4.69, 9.17) is 9.47 Å². The van der Waals surface area contributed by atoms with Crippen LogP contribution in [0.25, 0.3) is 0 Å². The molecular weight excluding hydrogens is 274 g/mol. The zero-order valence-electron chi connectivity index (χ0n) is 12.8. The van der Waals surface area contributed by atoms with Gasteiger partial charge in [0, 0.05) is 33.2 Å². The summed E-state index contributed by atoms with van der Waals surface area (Å²) in [7, 11) is 1.77. The molecule has 1 aliphatic heterocycles. The largest absolute Gasteiger partial charge is 0.462 e.